The highest BCUT2D eigenvalue weighted by molar-refractivity contribution is 5.22. The van der Waals surface area contributed by atoms with E-state index in [9.17, 15) is 0 Å². The van der Waals surface area contributed by atoms with Crippen LogP contribution in [0.1, 0.15) is 23.3 Å². The van der Waals surface area contributed by atoms with Crippen molar-refractivity contribution in [3.05, 3.63) is 59.5 Å². The average Bonchev–Trinajstić information content (AvgIpc) is 3.00. The molecule has 21 heavy (non-hydrogen) atoms. The molecule has 0 amide bonds. The highest BCUT2D eigenvalue weighted by atomic mass is 16.5. The minimum Gasteiger partial charge on any atom is -0.467 e. The van der Waals surface area contributed by atoms with Crippen LogP contribution < -0.4 is 5.32 Å². The van der Waals surface area contributed by atoms with Crippen molar-refractivity contribution >= 4 is 0 Å². The Bertz CT molecular complexity index is 496. The van der Waals surface area contributed by atoms with Crippen molar-refractivity contribution < 1.29 is 13.9 Å². The Morgan fingerprint density at radius 2 is 2.00 bits per heavy atom. The molecule has 0 fully saturated rings. The molecule has 0 aliphatic heterocycles. The highest BCUT2D eigenvalue weighted by Gasteiger charge is 1.97. The molecule has 4 heteroatoms. The second kappa shape index (κ2) is 9.34. The van der Waals surface area contributed by atoms with Gasteiger partial charge >= 0.3 is 0 Å². The number of hydrogen-bond acceptors (Lipinski definition) is 4. The molecule has 1 aromatic carbocycles. The van der Waals surface area contributed by atoms with Crippen LogP contribution in [0.15, 0.2) is 47.1 Å². The molecule has 1 heterocycles. The summed E-state index contributed by atoms with van der Waals surface area (Å²) in [4.78, 5) is 0. The van der Waals surface area contributed by atoms with Crippen molar-refractivity contribution in [2.75, 3.05) is 20.3 Å². The lowest BCUT2D eigenvalue weighted by Crippen LogP contribution is -2.16. The predicted molar refractivity (Wildman–Crippen MR) is 81.8 cm³/mol. The maximum absolute atomic E-state index is 5.53. The quantitative estimate of drug-likeness (QED) is 0.682. The first-order valence-corrected chi connectivity index (χ1v) is 7.26. The normalized spacial score (nSPS) is 10.9. The fourth-order valence-electron chi connectivity index (χ4n) is 2.10. The Balaban J connectivity index is 1.54. The lowest BCUT2D eigenvalue weighted by molar-refractivity contribution is 0.104. The Kier molecular flexibility index (Phi) is 7.01. The minimum atomic E-state index is 0.548. The molecular weight excluding hydrogens is 266 g/mol. The summed E-state index contributed by atoms with van der Waals surface area (Å²) in [5, 5.41) is 3.42. The van der Waals surface area contributed by atoms with Gasteiger partial charge in [-0.2, -0.15) is 0 Å². The fraction of sp³-hybridized carbons (Fsp3) is 0.412. The van der Waals surface area contributed by atoms with Crippen molar-refractivity contribution in [2.24, 2.45) is 0 Å². The molecule has 0 bridgehead atoms. The molecule has 0 aliphatic rings. The van der Waals surface area contributed by atoms with Crippen molar-refractivity contribution in [3.63, 3.8) is 0 Å². The van der Waals surface area contributed by atoms with Crippen molar-refractivity contribution in [1.29, 1.82) is 0 Å². The number of nitrogens with one attached hydrogen (secondary N) is 1. The number of rotatable bonds is 10. The van der Waals surface area contributed by atoms with Gasteiger partial charge in [-0.3, -0.25) is 0 Å². The second-order valence-electron chi connectivity index (χ2n) is 4.92. The monoisotopic (exact) mass is 289 g/mol. The largest absolute Gasteiger partial charge is 0.467 e. The molecule has 0 spiro atoms. The molecule has 0 atom stereocenters. The molecule has 2 aromatic rings. The number of ether oxygens (including phenoxy) is 2. The number of furan rings is 1. The van der Waals surface area contributed by atoms with E-state index < -0.39 is 0 Å². The van der Waals surface area contributed by atoms with Crippen molar-refractivity contribution in [2.45, 2.75) is 26.2 Å². The molecule has 2 rings (SSSR count). The second-order valence-corrected chi connectivity index (χ2v) is 4.92. The van der Waals surface area contributed by atoms with E-state index in [1.165, 1.54) is 11.1 Å². The summed E-state index contributed by atoms with van der Waals surface area (Å²) in [6.45, 7) is 3.75. The maximum atomic E-state index is 5.53. The molecule has 4 nitrogen and oxygen atoms in total. The van der Waals surface area contributed by atoms with Crippen LogP contribution in [0, 0.1) is 0 Å². The lowest BCUT2D eigenvalue weighted by atomic mass is 10.1. The molecule has 114 valence electrons. The summed E-state index contributed by atoms with van der Waals surface area (Å²) >= 11 is 0. The van der Waals surface area contributed by atoms with Gasteiger partial charge in [0.05, 0.1) is 12.9 Å². The van der Waals surface area contributed by atoms with Gasteiger partial charge in [-0.25, -0.2) is 0 Å². The van der Waals surface area contributed by atoms with Gasteiger partial charge in [0.15, 0.2) is 0 Å². The van der Waals surface area contributed by atoms with Crippen molar-refractivity contribution in [1.82, 2.24) is 5.32 Å². The average molecular weight is 289 g/mol. The molecule has 0 radical (unpaired) electrons. The van der Waals surface area contributed by atoms with E-state index in [4.69, 9.17) is 13.9 Å². The fourth-order valence-corrected chi connectivity index (χ4v) is 2.10. The maximum Gasteiger partial charge on any atom is 0.129 e. The van der Waals surface area contributed by atoms with Gasteiger partial charge in [0.1, 0.15) is 12.4 Å². The molecule has 1 aromatic heterocycles. The van der Waals surface area contributed by atoms with Crippen LogP contribution in [0.2, 0.25) is 0 Å². The molecule has 0 aliphatic carbocycles. The van der Waals surface area contributed by atoms with Crippen molar-refractivity contribution in [3.8, 4) is 0 Å². The van der Waals surface area contributed by atoms with E-state index in [0.29, 0.717) is 13.2 Å². The zero-order valence-corrected chi connectivity index (χ0v) is 12.5. The lowest BCUT2D eigenvalue weighted by Gasteiger charge is -2.07. The van der Waals surface area contributed by atoms with E-state index in [1.54, 1.807) is 13.4 Å². The Hall–Kier alpha value is -1.62. The Labute approximate surface area is 126 Å². The van der Waals surface area contributed by atoms with E-state index in [-0.39, 0.29) is 0 Å². The van der Waals surface area contributed by atoms with Crippen LogP contribution >= 0.6 is 0 Å². The van der Waals surface area contributed by atoms with E-state index in [1.807, 2.05) is 12.1 Å². The summed E-state index contributed by atoms with van der Waals surface area (Å²) in [5.74, 6) is 0.873. The molecule has 0 saturated carbocycles. The van der Waals surface area contributed by atoms with Gasteiger partial charge < -0.3 is 19.2 Å². The summed E-state index contributed by atoms with van der Waals surface area (Å²) in [6, 6.07) is 12.2. The number of benzene rings is 1. The summed E-state index contributed by atoms with van der Waals surface area (Å²) < 4.78 is 15.9. The SMILES string of the molecule is COCc1cccc(CNCCCOCc2ccco2)c1. The van der Waals surface area contributed by atoms with Gasteiger partial charge in [-0.05, 0) is 36.2 Å². The smallest absolute Gasteiger partial charge is 0.129 e. The van der Waals surface area contributed by atoms with Gasteiger partial charge in [-0.1, -0.05) is 24.3 Å². The third kappa shape index (κ3) is 6.12. The molecule has 0 unspecified atom stereocenters. The van der Waals surface area contributed by atoms with E-state index >= 15 is 0 Å². The summed E-state index contributed by atoms with van der Waals surface area (Å²) in [7, 11) is 1.72. The van der Waals surface area contributed by atoms with Gasteiger partial charge in [-0.15, -0.1) is 0 Å². The zero-order chi connectivity index (χ0) is 14.8. The summed E-state index contributed by atoms with van der Waals surface area (Å²) in [5.41, 5.74) is 2.49. The predicted octanol–water partition coefficient (Wildman–Crippen LogP) is 3.12. The highest BCUT2D eigenvalue weighted by Crippen LogP contribution is 2.06. The van der Waals surface area contributed by atoms with E-state index in [0.717, 1.165) is 31.9 Å². The van der Waals surface area contributed by atoms with Gasteiger partial charge in [0.25, 0.3) is 0 Å². The van der Waals surface area contributed by atoms with Gasteiger partial charge in [0, 0.05) is 20.3 Å². The number of methoxy groups -OCH3 is 1. The molecule has 0 saturated heterocycles. The van der Waals surface area contributed by atoms with Crippen LogP contribution in [0.3, 0.4) is 0 Å². The Morgan fingerprint density at radius 1 is 1.10 bits per heavy atom. The molecule has 1 N–H and O–H groups in total. The van der Waals surface area contributed by atoms with E-state index in [2.05, 4.69) is 29.6 Å². The third-order valence-corrected chi connectivity index (χ3v) is 3.10. The van der Waals surface area contributed by atoms with Crippen LogP contribution in [-0.4, -0.2) is 20.3 Å². The Morgan fingerprint density at radius 3 is 2.81 bits per heavy atom. The first-order chi connectivity index (χ1) is 10.4. The first kappa shape index (κ1) is 15.8. The zero-order valence-electron chi connectivity index (χ0n) is 12.5. The molecular formula is C17H23NO3. The van der Waals surface area contributed by atoms with Gasteiger partial charge in [0.2, 0.25) is 0 Å². The van der Waals surface area contributed by atoms with Crippen LogP contribution in [0.4, 0.5) is 0 Å². The third-order valence-electron chi connectivity index (χ3n) is 3.10. The topological polar surface area (TPSA) is 43.6 Å². The number of hydrogen-bond donors (Lipinski definition) is 1. The summed E-state index contributed by atoms with van der Waals surface area (Å²) in [6.07, 6.45) is 2.65. The minimum absolute atomic E-state index is 0.548. The standard InChI is InChI=1S/C17H23NO3/c1-19-13-16-6-2-5-15(11-16)12-18-8-4-9-20-14-17-7-3-10-21-17/h2-3,5-7,10-11,18H,4,8-9,12-14H2,1H3. The van der Waals surface area contributed by atoms with Crippen LogP contribution in [-0.2, 0) is 29.2 Å². The van der Waals surface area contributed by atoms with Crippen LogP contribution in [0.5, 0.6) is 0 Å². The van der Waals surface area contributed by atoms with Crippen LogP contribution in [0.25, 0.3) is 0 Å². The first-order valence-electron chi connectivity index (χ1n) is 7.26.